The number of carbonyl (C=O) groups excluding carboxylic acids is 1. The quantitative estimate of drug-likeness (QED) is 0.202. The van der Waals surface area contributed by atoms with Gasteiger partial charge in [0.25, 0.3) is 5.91 Å². The number of hydrogen-bond acceptors (Lipinski definition) is 8. The molecule has 9 nitrogen and oxygen atoms in total. The topological polar surface area (TPSA) is 154 Å². The Balaban J connectivity index is 2.07. The van der Waals surface area contributed by atoms with Gasteiger partial charge in [-0.25, -0.2) is 5.84 Å². The Morgan fingerprint density at radius 1 is 1.18 bits per heavy atom. The van der Waals surface area contributed by atoms with Crippen molar-refractivity contribution in [3.8, 4) is 5.75 Å². The van der Waals surface area contributed by atoms with Gasteiger partial charge in [0.15, 0.2) is 0 Å². The van der Waals surface area contributed by atoms with Gasteiger partial charge in [0, 0.05) is 5.56 Å². The molecule has 1 aliphatic heterocycles. The average Bonchev–Trinajstić information content (AvgIpc) is 2.55. The van der Waals surface area contributed by atoms with Crippen LogP contribution in [-0.2, 0) is 4.74 Å². The van der Waals surface area contributed by atoms with E-state index in [-0.39, 0.29) is 5.75 Å². The number of nitrogens with two attached hydrogens (primary N) is 1. The molecule has 0 saturated carbocycles. The molecule has 1 aliphatic rings. The van der Waals surface area contributed by atoms with Gasteiger partial charge in [-0.2, -0.15) is 0 Å². The van der Waals surface area contributed by atoms with Crippen molar-refractivity contribution in [3.05, 3.63) is 29.8 Å². The monoisotopic (exact) mass is 314 g/mol. The van der Waals surface area contributed by atoms with Crippen LogP contribution in [0.1, 0.15) is 10.4 Å². The predicted octanol–water partition coefficient (Wildman–Crippen LogP) is -2.53. The zero-order valence-electron chi connectivity index (χ0n) is 11.5. The molecule has 9 heteroatoms. The molecule has 5 atom stereocenters. The summed E-state index contributed by atoms with van der Waals surface area (Å²) in [4.78, 5) is 11.3. The molecule has 7 N–H and O–H groups in total. The number of carbonyl (C=O) groups is 1. The summed E-state index contributed by atoms with van der Waals surface area (Å²) in [6.07, 6.45) is -6.78. The largest absolute Gasteiger partial charge is 0.462 e. The van der Waals surface area contributed by atoms with E-state index in [0.717, 1.165) is 0 Å². The minimum Gasteiger partial charge on any atom is -0.462 e. The molecule has 122 valence electrons. The predicted molar refractivity (Wildman–Crippen MR) is 72.5 cm³/mol. The lowest BCUT2D eigenvalue weighted by Crippen LogP contribution is -2.60. The first-order valence-corrected chi connectivity index (χ1v) is 6.56. The second kappa shape index (κ2) is 7.01. The Morgan fingerprint density at radius 3 is 2.36 bits per heavy atom. The fourth-order valence-corrected chi connectivity index (χ4v) is 2.07. The van der Waals surface area contributed by atoms with Gasteiger partial charge in [0.1, 0.15) is 30.2 Å². The molecule has 22 heavy (non-hydrogen) atoms. The molecule has 1 saturated heterocycles. The number of amides is 1. The van der Waals surface area contributed by atoms with Crippen molar-refractivity contribution in [3.63, 3.8) is 0 Å². The van der Waals surface area contributed by atoms with E-state index in [9.17, 15) is 20.1 Å². The standard InChI is InChI=1S/C13H18N2O7/c14-15-12(20)6-1-3-7(4-2-6)21-13-11(19)10(18)9(17)8(5-16)22-13/h1-4,8-11,13,16-19H,5,14H2,(H,15,20). The van der Waals surface area contributed by atoms with Crippen molar-refractivity contribution in [1.82, 2.24) is 5.43 Å². The van der Waals surface area contributed by atoms with Crippen LogP contribution in [0.25, 0.3) is 0 Å². The summed E-state index contributed by atoms with van der Waals surface area (Å²) in [6.45, 7) is -0.541. The molecule has 0 bridgehead atoms. The Hall–Kier alpha value is -1.75. The smallest absolute Gasteiger partial charge is 0.265 e. The average molecular weight is 314 g/mol. The highest BCUT2D eigenvalue weighted by Crippen LogP contribution is 2.24. The number of nitrogen functional groups attached to an aromatic ring is 1. The zero-order chi connectivity index (χ0) is 16.3. The lowest BCUT2D eigenvalue weighted by molar-refractivity contribution is -0.277. The summed E-state index contributed by atoms with van der Waals surface area (Å²) in [5.74, 6) is 4.80. The van der Waals surface area contributed by atoms with Gasteiger partial charge in [-0.15, -0.1) is 0 Å². The SMILES string of the molecule is NNC(=O)c1ccc(OC2OC(CO)C(O)C(O)C2O)cc1. The van der Waals surface area contributed by atoms with Gasteiger partial charge in [-0.1, -0.05) is 0 Å². The summed E-state index contributed by atoms with van der Waals surface area (Å²) in [5.41, 5.74) is 2.29. The van der Waals surface area contributed by atoms with Crippen molar-refractivity contribution < 1.29 is 34.7 Å². The fourth-order valence-electron chi connectivity index (χ4n) is 2.07. The van der Waals surface area contributed by atoms with Crippen LogP contribution in [0.4, 0.5) is 0 Å². The first-order valence-electron chi connectivity index (χ1n) is 6.56. The molecule has 0 aliphatic carbocycles. The van der Waals surface area contributed by atoms with E-state index in [4.69, 9.17) is 20.4 Å². The van der Waals surface area contributed by atoms with Crippen LogP contribution in [-0.4, -0.2) is 63.6 Å². The van der Waals surface area contributed by atoms with Crippen molar-refractivity contribution in [2.45, 2.75) is 30.7 Å². The summed E-state index contributed by atoms with van der Waals surface area (Å²) in [7, 11) is 0. The lowest BCUT2D eigenvalue weighted by Gasteiger charge is -2.39. The normalized spacial score (nSPS) is 31.6. The number of nitrogens with one attached hydrogen (secondary N) is 1. The molecule has 1 aromatic carbocycles. The van der Waals surface area contributed by atoms with Gasteiger partial charge in [0.2, 0.25) is 6.29 Å². The minimum absolute atomic E-state index is 0.262. The molecular formula is C13H18N2O7. The number of benzene rings is 1. The van der Waals surface area contributed by atoms with E-state index in [0.29, 0.717) is 5.56 Å². The molecule has 0 spiro atoms. The minimum atomic E-state index is -1.52. The molecule has 5 unspecified atom stereocenters. The highest BCUT2D eigenvalue weighted by atomic mass is 16.7. The fraction of sp³-hybridized carbons (Fsp3) is 0.462. The third-order valence-electron chi connectivity index (χ3n) is 3.35. The molecule has 2 rings (SSSR count). The van der Waals surface area contributed by atoms with Gasteiger partial charge >= 0.3 is 0 Å². The second-order valence-corrected chi connectivity index (χ2v) is 4.81. The summed E-state index contributed by atoms with van der Waals surface area (Å²) < 4.78 is 10.6. The van der Waals surface area contributed by atoms with Crippen molar-refractivity contribution in [1.29, 1.82) is 0 Å². The zero-order valence-corrected chi connectivity index (χ0v) is 11.5. The van der Waals surface area contributed by atoms with E-state index < -0.39 is 43.2 Å². The maximum absolute atomic E-state index is 11.3. The van der Waals surface area contributed by atoms with Gasteiger partial charge < -0.3 is 29.9 Å². The molecule has 0 radical (unpaired) electrons. The van der Waals surface area contributed by atoms with E-state index >= 15 is 0 Å². The van der Waals surface area contributed by atoms with Crippen LogP contribution in [0.3, 0.4) is 0 Å². The molecule has 1 fully saturated rings. The third kappa shape index (κ3) is 3.35. The van der Waals surface area contributed by atoms with Crippen molar-refractivity contribution >= 4 is 5.91 Å². The van der Waals surface area contributed by atoms with Crippen molar-refractivity contribution in [2.24, 2.45) is 5.84 Å². The van der Waals surface area contributed by atoms with Crippen LogP contribution in [0.5, 0.6) is 5.75 Å². The number of aliphatic hydroxyl groups is 4. The Labute approximate surface area is 125 Å². The molecule has 1 amide bonds. The van der Waals surface area contributed by atoms with Crippen molar-refractivity contribution in [2.75, 3.05) is 6.61 Å². The summed E-state index contributed by atoms with van der Waals surface area (Å²) >= 11 is 0. The third-order valence-corrected chi connectivity index (χ3v) is 3.35. The van der Waals surface area contributed by atoms with E-state index in [1.807, 2.05) is 5.43 Å². The lowest BCUT2D eigenvalue weighted by atomic mass is 9.99. The maximum atomic E-state index is 11.3. The second-order valence-electron chi connectivity index (χ2n) is 4.81. The molecular weight excluding hydrogens is 296 g/mol. The Bertz CT molecular complexity index is 508. The highest BCUT2D eigenvalue weighted by molar-refractivity contribution is 5.93. The Morgan fingerprint density at radius 2 is 1.82 bits per heavy atom. The van der Waals surface area contributed by atoms with Gasteiger partial charge in [-0.05, 0) is 24.3 Å². The molecule has 1 heterocycles. The van der Waals surface area contributed by atoms with Crippen LogP contribution < -0.4 is 16.0 Å². The van der Waals surface area contributed by atoms with Crippen LogP contribution >= 0.6 is 0 Å². The van der Waals surface area contributed by atoms with E-state index in [1.165, 1.54) is 24.3 Å². The molecule has 0 aromatic heterocycles. The molecule has 1 aromatic rings. The number of hydrazine groups is 1. The van der Waals surface area contributed by atoms with Gasteiger partial charge in [-0.3, -0.25) is 10.2 Å². The van der Waals surface area contributed by atoms with E-state index in [2.05, 4.69) is 0 Å². The van der Waals surface area contributed by atoms with Crippen LogP contribution in [0.2, 0.25) is 0 Å². The number of aliphatic hydroxyl groups excluding tert-OH is 4. The number of rotatable bonds is 4. The summed E-state index contributed by atoms with van der Waals surface area (Å²) in [6, 6.07) is 5.79. The number of ether oxygens (including phenoxy) is 2. The summed E-state index contributed by atoms with van der Waals surface area (Å²) in [5, 5.41) is 38.2. The van der Waals surface area contributed by atoms with Crippen LogP contribution in [0.15, 0.2) is 24.3 Å². The van der Waals surface area contributed by atoms with Gasteiger partial charge in [0.05, 0.1) is 6.61 Å². The maximum Gasteiger partial charge on any atom is 0.265 e. The first kappa shape index (κ1) is 16.6. The van der Waals surface area contributed by atoms with Crippen LogP contribution in [0, 0.1) is 0 Å². The number of hydrogen-bond donors (Lipinski definition) is 6. The highest BCUT2D eigenvalue weighted by Gasteiger charge is 2.44. The Kier molecular flexibility index (Phi) is 5.29. The van der Waals surface area contributed by atoms with E-state index in [1.54, 1.807) is 0 Å². The first-order chi connectivity index (χ1) is 10.5.